The average Bonchev–Trinajstić information content (AvgIpc) is 3.16. The van der Waals surface area contributed by atoms with Crippen molar-refractivity contribution in [2.24, 2.45) is 0 Å². The first kappa shape index (κ1) is 17.7. The average molecular weight is 354 g/mol. The van der Waals surface area contributed by atoms with E-state index in [1.54, 1.807) is 0 Å². The molecule has 4 heteroatoms. The predicted molar refractivity (Wildman–Crippen MR) is 99.1 cm³/mol. The molecule has 2 saturated heterocycles. The van der Waals surface area contributed by atoms with E-state index in [4.69, 9.17) is 9.47 Å². The molecule has 0 radical (unpaired) electrons. The summed E-state index contributed by atoms with van der Waals surface area (Å²) in [5.74, 6) is 0. The van der Waals surface area contributed by atoms with E-state index in [2.05, 4.69) is 12.1 Å². The maximum Gasteiger partial charge on any atom is 0.0918 e. The number of hydrogen-bond donors (Lipinski definition) is 2. The minimum absolute atomic E-state index is 0.223. The minimum Gasteiger partial charge on any atom is -0.390 e. The number of aliphatic hydroxyl groups is 2. The topological polar surface area (TPSA) is 58.9 Å². The Bertz CT molecular complexity index is 705. The van der Waals surface area contributed by atoms with Crippen LogP contribution in [0.1, 0.15) is 24.0 Å². The third kappa shape index (κ3) is 2.97. The Hall–Kier alpha value is -1.72. The number of benzene rings is 2. The van der Waals surface area contributed by atoms with Gasteiger partial charge in [0.15, 0.2) is 0 Å². The summed E-state index contributed by atoms with van der Waals surface area (Å²) in [6, 6.07) is 20.1. The highest BCUT2D eigenvalue weighted by Crippen LogP contribution is 2.42. The molecule has 4 nitrogen and oxygen atoms in total. The van der Waals surface area contributed by atoms with E-state index < -0.39 is 17.6 Å². The van der Waals surface area contributed by atoms with Gasteiger partial charge in [-0.05, 0) is 24.0 Å². The molecular weight excluding hydrogens is 328 g/mol. The van der Waals surface area contributed by atoms with Gasteiger partial charge in [0.05, 0.1) is 32.0 Å². The van der Waals surface area contributed by atoms with E-state index in [1.807, 2.05) is 48.5 Å². The fourth-order valence-corrected chi connectivity index (χ4v) is 4.41. The first-order chi connectivity index (χ1) is 12.7. The summed E-state index contributed by atoms with van der Waals surface area (Å²) >= 11 is 0. The van der Waals surface area contributed by atoms with Gasteiger partial charge in [-0.1, -0.05) is 60.7 Å². The van der Waals surface area contributed by atoms with E-state index >= 15 is 0 Å². The van der Waals surface area contributed by atoms with Crippen LogP contribution in [-0.2, 0) is 20.3 Å². The number of hydrogen-bond acceptors (Lipinski definition) is 4. The zero-order chi connectivity index (χ0) is 18.0. The molecule has 4 rings (SSSR count). The lowest BCUT2D eigenvalue weighted by atomic mass is 9.68. The highest BCUT2D eigenvalue weighted by atomic mass is 16.5. The molecule has 0 aliphatic carbocycles. The van der Waals surface area contributed by atoms with Crippen LogP contribution >= 0.6 is 0 Å². The van der Waals surface area contributed by atoms with Crippen molar-refractivity contribution >= 4 is 0 Å². The van der Waals surface area contributed by atoms with Crippen LogP contribution in [0.4, 0.5) is 0 Å². The SMILES string of the molecule is OC(CC1(c2ccccc2)COC1)[C@@H](O)C1(c2ccccc2)CCOC1. The molecule has 2 aliphatic rings. The molecule has 138 valence electrons. The molecule has 0 aromatic heterocycles. The Morgan fingerprint density at radius 3 is 1.92 bits per heavy atom. The van der Waals surface area contributed by atoms with Crippen molar-refractivity contribution in [1.29, 1.82) is 0 Å². The zero-order valence-electron chi connectivity index (χ0n) is 14.9. The van der Waals surface area contributed by atoms with Crippen molar-refractivity contribution < 1.29 is 19.7 Å². The van der Waals surface area contributed by atoms with Gasteiger partial charge in [-0.3, -0.25) is 0 Å². The largest absolute Gasteiger partial charge is 0.390 e. The van der Waals surface area contributed by atoms with Gasteiger partial charge in [0, 0.05) is 17.4 Å². The van der Waals surface area contributed by atoms with Crippen molar-refractivity contribution in [3.8, 4) is 0 Å². The van der Waals surface area contributed by atoms with Crippen molar-refractivity contribution in [3.05, 3.63) is 71.8 Å². The standard InChI is InChI=1S/C22H26O4/c23-19(13-21(14-26-15-21)17-7-3-1-4-8-17)20(24)22(11-12-25-16-22)18-9-5-2-6-10-18/h1-10,19-20,23-24H,11-16H2/t19?,20-,22?/m1/s1. The van der Waals surface area contributed by atoms with Gasteiger partial charge in [0.25, 0.3) is 0 Å². The lowest BCUT2D eigenvalue weighted by Gasteiger charge is -2.45. The molecule has 0 spiro atoms. The van der Waals surface area contributed by atoms with Gasteiger partial charge in [-0.25, -0.2) is 0 Å². The Morgan fingerprint density at radius 1 is 0.808 bits per heavy atom. The lowest BCUT2D eigenvalue weighted by Crippen LogP contribution is -2.54. The van der Waals surface area contributed by atoms with Gasteiger partial charge in [0.1, 0.15) is 0 Å². The predicted octanol–water partition coefficient (Wildman–Crippen LogP) is 2.42. The normalized spacial score (nSPS) is 26.8. The van der Waals surface area contributed by atoms with Crippen LogP contribution in [0.3, 0.4) is 0 Å². The third-order valence-corrected chi connectivity index (χ3v) is 6.07. The van der Waals surface area contributed by atoms with Gasteiger partial charge < -0.3 is 19.7 Å². The minimum atomic E-state index is -0.881. The summed E-state index contributed by atoms with van der Waals surface area (Å²) in [6.45, 7) is 2.20. The molecule has 2 aromatic rings. The van der Waals surface area contributed by atoms with Crippen LogP contribution in [0.15, 0.2) is 60.7 Å². The van der Waals surface area contributed by atoms with Crippen LogP contribution in [0, 0.1) is 0 Å². The van der Waals surface area contributed by atoms with Gasteiger partial charge in [-0.2, -0.15) is 0 Å². The molecule has 2 N–H and O–H groups in total. The summed E-state index contributed by atoms with van der Waals surface area (Å²) < 4.78 is 11.1. The van der Waals surface area contributed by atoms with E-state index in [-0.39, 0.29) is 5.41 Å². The highest BCUT2D eigenvalue weighted by Gasteiger charge is 2.50. The van der Waals surface area contributed by atoms with Gasteiger partial charge in [0.2, 0.25) is 0 Å². The summed E-state index contributed by atoms with van der Waals surface area (Å²) in [5.41, 5.74) is 1.42. The Kier molecular flexibility index (Phi) is 4.84. The fraction of sp³-hybridized carbons (Fsp3) is 0.455. The Balaban J connectivity index is 1.58. The van der Waals surface area contributed by atoms with Gasteiger partial charge in [-0.15, -0.1) is 0 Å². The maximum atomic E-state index is 11.2. The molecule has 0 amide bonds. The zero-order valence-corrected chi connectivity index (χ0v) is 14.9. The second-order valence-electron chi connectivity index (χ2n) is 7.68. The molecule has 2 unspecified atom stereocenters. The number of ether oxygens (including phenoxy) is 2. The van der Waals surface area contributed by atoms with Crippen LogP contribution in [-0.4, -0.2) is 48.8 Å². The van der Waals surface area contributed by atoms with E-state index in [9.17, 15) is 10.2 Å². The van der Waals surface area contributed by atoms with Crippen LogP contribution < -0.4 is 0 Å². The van der Waals surface area contributed by atoms with E-state index in [0.29, 0.717) is 39.3 Å². The molecule has 3 atom stereocenters. The fourth-order valence-electron chi connectivity index (χ4n) is 4.41. The molecule has 26 heavy (non-hydrogen) atoms. The Labute approximate surface area is 154 Å². The molecule has 0 bridgehead atoms. The van der Waals surface area contributed by atoms with Crippen molar-refractivity contribution in [1.82, 2.24) is 0 Å². The van der Waals surface area contributed by atoms with Crippen LogP contribution in [0.25, 0.3) is 0 Å². The van der Waals surface area contributed by atoms with Crippen LogP contribution in [0.5, 0.6) is 0 Å². The molecule has 2 aliphatic heterocycles. The second kappa shape index (κ2) is 7.12. The number of aliphatic hydroxyl groups excluding tert-OH is 2. The van der Waals surface area contributed by atoms with E-state index in [1.165, 1.54) is 0 Å². The van der Waals surface area contributed by atoms with Crippen molar-refractivity contribution in [2.75, 3.05) is 26.4 Å². The highest BCUT2D eigenvalue weighted by molar-refractivity contribution is 5.31. The summed E-state index contributed by atoms with van der Waals surface area (Å²) in [5, 5.41) is 22.2. The third-order valence-electron chi connectivity index (χ3n) is 6.07. The molecule has 0 saturated carbocycles. The summed E-state index contributed by atoms with van der Waals surface area (Å²) in [7, 11) is 0. The van der Waals surface area contributed by atoms with Crippen LogP contribution in [0.2, 0.25) is 0 Å². The molecule has 2 aromatic carbocycles. The number of rotatable bonds is 6. The van der Waals surface area contributed by atoms with E-state index in [0.717, 1.165) is 11.1 Å². The first-order valence-corrected chi connectivity index (χ1v) is 9.29. The summed E-state index contributed by atoms with van der Waals surface area (Å²) in [4.78, 5) is 0. The maximum absolute atomic E-state index is 11.2. The smallest absolute Gasteiger partial charge is 0.0918 e. The molecular formula is C22H26O4. The van der Waals surface area contributed by atoms with Crippen molar-refractivity contribution in [2.45, 2.75) is 35.9 Å². The summed E-state index contributed by atoms with van der Waals surface area (Å²) in [6.07, 6.45) is -0.536. The Morgan fingerprint density at radius 2 is 1.42 bits per heavy atom. The second-order valence-corrected chi connectivity index (χ2v) is 7.68. The first-order valence-electron chi connectivity index (χ1n) is 9.29. The lowest BCUT2D eigenvalue weighted by molar-refractivity contribution is -0.108. The van der Waals surface area contributed by atoms with Gasteiger partial charge >= 0.3 is 0 Å². The molecule has 2 heterocycles. The quantitative estimate of drug-likeness (QED) is 0.836. The monoisotopic (exact) mass is 354 g/mol. The molecule has 2 fully saturated rings. The van der Waals surface area contributed by atoms with Crippen molar-refractivity contribution in [3.63, 3.8) is 0 Å².